The van der Waals surface area contributed by atoms with Gasteiger partial charge >= 0.3 is 5.97 Å². The second-order valence-corrected chi connectivity index (χ2v) is 11.0. The minimum Gasteiger partial charge on any atom is -0.497 e. The molecule has 1 aromatic carbocycles. The van der Waals surface area contributed by atoms with E-state index < -0.39 is 12.1 Å². The first kappa shape index (κ1) is 26.5. The molecular weight excluding hydrogens is 474 g/mol. The standard InChI is InChI=1S/C28H37N3O4S/c1-30-13-10-23(19-30)36-15-3-12-31-14-9-20(21(18-31)16-28(33)34)4-7-27(32)24-8-11-29-26-6-5-22(35-2)17-25(24)26/h5-6,8,10-11,13,17,19-21,27,32H,3-4,7,9,12,14-16,18H2,1-2H3,(H,33,34)/t20-,21+,27+/m1/s1. The Balaban J connectivity index is 1.31. The molecule has 1 fully saturated rings. The van der Waals surface area contributed by atoms with Crippen LogP contribution in [0.5, 0.6) is 5.75 Å². The predicted molar refractivity (Wildman–Crippen MR) is 144 cm³/mol. The van der Waals surface area contributed by atoms with Crippen LogP contribution in [0.3, 0.4) is 0 Å². The lowest BCUT2D eigenvalue weighted by molar-refractivity contribution is -0.139. The Morgan fingerprint density at radius 2 is 2.14 bits per heavy atom. The third-order valence-corrected chi connectivity index (χ3v) is 8.32. The van der Waals surface area contributed by atoms with Crippen LogP contribution in [0.15, 0.2) is 53.8 Å². The number of benzene rings is 1. The van der Waals surface area contributed by atoms with Crippen molar-refractivity contribution in [2.24, 2.45) is 18.9 Å². The van der Waals surface area contributed by atoms with Crippen molar-refractivity contribution < 1.29 is 19.7 Å². The monoisotopic (exact) mass is 511 g/mol. The highest BCUT2D eigenvalue weighted by atomic mass is 32.2. The average molecular weight is 512 g/mol. The number of hydrogen-bond acceptors (Lipinski definition) is 6. The molecule has 2 aromatic heterocycles. The maximum Gasteiger partial charge on any atom is 0.303 e. The van der Waals surface area contributed by atoms with E-state index in [4.69, 9.17) is 4.74 Å². The maximum absolute atomic E-state index is 11.6. The summed E-state index contributed by atoms with van der Waals surface area (Å²) in [7, 11) is 3.66. The van der Waals surface area contributed by atoms with E-state index in [0.717, 1.165) is 66.9 Å². The van der Waals surface area contributed by atoms with Crippen molar-refractivity contribution in [3.05, 3.63) is 54.5 Å². The Bertz CT molecular complexity index is 1150. The van der Waals surface area contributed by atoms with Crippen LogP contribution < -0.4 is 4.74 Å². The fourth-order valence-corrected chi connectivity index (χ4v) is 6.23. The number of aryl methyl sites for hydroxylation is 1. The van der Waals surface area contributed by atoms with E-state index in [1.54, 1.807) is 13.3 Å². The van der Waals surface area contributed by atoms with Gasteiger partial charge in [-0.15, -0.1) is 11.8 Å². The quantitative estimate of drug-likeness (QED) is 0.262. The summed E-state index contributed by atoms with van der Waals surface area (Å²) in [5.74, 6) is 1.47. The molecule has 1 aliphatic rings. The molecule has 3 heterocycles. The van der Waals surface area contributed by atoms with Gasteiger partial charge in [-0.2, -0.15) is 0 Å². The van der Waals surface area contributed by atoms with E-state index in [-0.39, 0.29) is 12.3 Å². The normalized spacial score (nSPS) is 19.4. The first-order valence-electron chi connectivity index (χ1n) is 12.7. The molecule has 0 spiro atoms. The maximum atomic E-state index is 11.6. The second kappa shape index (κ2) is 12.6. The Morgan fingerprint density at radius 1 is 1.28 bits per heavy atom. The summed E-state index contributed by atoms with van der Waals surface area (Å²) in [5.41, 5.74) is 1.68. The van der Waals surface area contributed by atoms with Crippen LogP contribution >= 0.6 is 11.8 Å². The van der Waals surface area contributed by atoms with Crippen molar-refractivity contribution in [1.82, 2.24) is 14.5 Å². The van der Waals surface area contributed by atoms with Gasteiger partial charge in [0.15, 0.2) is 0 Å². The number of aliphatic carboxylic acids is 1. The lowest BCUT2D eigenvalue weighted by Crippen LogP contribution is -2.42. The lowest BCUT2D eigenvalue weighted by Gasteiger charge is -2.38. The van der Waals surface area contributed by atoms with Gasteiger partial charge in [-0.05, 0) is 92.3 Å². The number of rotatable bonds is 12. The van der Waals surface area contributed by atoms with E-state index in [9.17, 15) is 15.0 Å². The summed E-state index contributed by atoms with van der Waals surface area (Å²) in [5, 5.41) is 21.5. The summed E-state index contributed by atoms with van der Waals surface area (Å²) < 4.78 is 7.42. The van der Waals surface area contributed by atoms with Gasteiger partial charge < -0.3 is 24.4 Å². The van der Waals surface area contributed by atoms with Crippen molar-refractivity contribution in [2.45, 2.75) is 43.1 Å². The Kier molecular flexibility index (Phi) is 9.29. The number of nitrogens with zero attached hydrogens (tertiary/aromatic N) is 3. The van der Waals surface area contributed by atoms with Gasteiger partial charge in [-0.3, -0.25) is 9.78 Å². The number of thioether (sulfide) groups is 1. The zero-order valence-corrected chi connectivity index (χ0v) is 22.0. The largest absolute Gasteiger partial charge is 0.497 e. The molecule has 194 valence electrons. The van der Waals surface area contributed by atoms with Crippen LogP contribution in [0.2, 0.25) is 0 Å². The molecule has 0 aliphatic carbocycles. The molecule has 0 amide bonds. The zero-order chi connectivity index (χ0) is 25.5. The highest BCUT2D eigenvalue weighted by molar-refractivity contribution is 7.99. The summed E-state index contributed by atoms with van der Waals surface area (Å²) in [6.45, 7) is 2.80. The first-order chi connectivity index (χ1) is 17.4. The number of likely N-dealkylation sites (tertiary alicyclic amines) is 1. The molecule has 1 saturated heterocycles. The molecular formula is C28H37N3O4S. The molecule has 3 aromatic rings. The number of methoxy groups -OCH3 is 1. The number of hydrogen-bond donors (Lipinski definition) is 2. The number of ether oxygens (including phenoxy) is 1. The topological polar surface area (TPSA) is 87.8 Å². The minimum atomic E-state index is -0.737. The van der Waals surface area contributed by atoms with Gasteiger partial charge in [-0.25, -0.2) is 0 Å². The molecule has 2 N–H and O–H groups in total. The van der Waals surface area contributed by atoms with Crippen molar-refractivity contribution in [2.75, 3.05) is 32.5 Å². The number of carbonyl (C=O) groups is 1. The van der Waals surface area contributed by atoms with Crippen molar-refractivity contribution in [3.63, 3.8) is 0 Å². The molecule has 1 aliphatic heterocycles. The van der Waals surface area contributed by atoms with Crippen molar-refractivity contribution in [1.29, 1.82) is 0 Å². The van der Waals surface area contributed by atoms with Crippen molar-refractivity contribution >= 4 is 28.6 Å². The Labute approximate surface area is 217 Å². The Hall–Kier alpha value is -2.55. The number of carboxylic acid groups (broad SMARTS) is 1. The van der Waals surface area contributed by atoms with E-state index in [0.29, 0.717) is 12.3 Å². The molecule has 7 nitrogen and oxygen atoms in total. The minimum absolute atomic E-state index is 0.111. The van der Waals surface area contributed by atoms with E-state index in [1.165, 1.54) is 4.90 Å². The summed E-state index contributed by atoms with van der Waals surface area (Å²) >= 11 is 1.87. The number of piperidine rings is 1. The number of fused-ring (bicyclic) bond motifs is 1. The van der Waals surface area contributed by atoms with E-state index in [1.807, 2.05) is 43.1 Å². The first-order valence-corrected chi connectivity index (χ1v) is 13.7. The Morgan fingerprint density at radius 3 is 2.89 bits per heavy atom. The van der Waals surface area contributed by atoms with Gasteiger partial charge in [0.2, 0.25) is 0 Å². The summed E-state index contributed by atoms with van der Waals surface area (Å²) in [6.07, 6.45) is 8.97. The van der Waals surface area contributed by atoms with Crippen LogP contribution in [0.25, 0.3) is 10.9 Å². The number of aliphatic hydroxyl groups is 1. The number of aromatic nitrogens is 2. The van der Waals surface area contributed by atoms with Crippen LogP contribution in [-0.2, 0) is 11.8 Å². The summed E-state index contributed by atoms with van der Waals surface area (Å²) in [4.78, 5) is 19.7. The number of carboxylic acids is 1. The molecule has 36 heavy (non-hydrogen) atoms. The predicted octanol–water partition coefficient (Wildman–Crippen LogP) is 4.99. The van der Waals surface area contributed by atoms with Gasteiger partial charge in [0.25, 0.3) is 0 Å². The average Bonchev–Trinajstić information content (AvgIpc) is 3.29. The molecule has 4 rings (SSSR count). The van der Waals surface area contributed by atoms with Gasteiger partial charge in [0.1, 0.15) is 5.75 Å². The lowest BCUT2D eigenvalue weighted by atomic mass is 9.79. The number of pyridine rings is 1. The van der Waals surface area contributed by atoms with Crippen molar-refractivity contribution in [3.8, 4) is 5.75 Å². The smallest absolute Gasteiger partial charge is 0.303 e. The third-order valence-electron chi connectivity index (χ3n) is 7.26. The van der Waals surface area contributed by atoms with E-state index in [2.05, 4.69) is 32.9 Å². The molecule has 0 saturated carbocycles. The van der Waals surface area contributed by atoms with Crippen LogP contribution in [0.1, 0.15) is 43.8 Å². The zero-order valence-electron chi connectivity index (χ0n) is 21.2. The van der Waals surface area contributed by atoms with E-state index >= 15 is 0 Å². The van der Waals surface area contributed by atoms with Crippen LogP contribution in [0.4, 0.5) is 0 Å². The third kappa shape index (κ3) is 7.02. The molecule has 0 bridgehead atoms. The summed E-state index contributed by atoms with van der Waals surface area (Å²) in [6, 6.07) is 9.70. The molecule has 0 radical (unpaired) electrons. The second-order valence-electron chi connectivity index (χ2n) is 9.80. The van der Waals surface area contributed by atoms with Gasteiger partial charge in [0, 0.05) is 48.9 Å². The van der Waals surface area contributed by atoms with Crippen LogP contribution in [-0.4, -0.2) is 63.1 Å². The molecule has 8 heteroatoms. The molecule has 3 atom stereocenters. The van der Waals surface area contributed by atoms with Gasteiger partial charge in [0.05, 0.1) is 18.7 Å². The van der Waals surface area contributed by atoms with Gasteiger partial charge in [-0.1, -0.05) is 0 Å². The van der Waals surface area contributed by atoms with Crippen LogP contribution in [0, 0.1) is 11.8 Å². The highest BCUT2D eigenvalue weighted by Gasteiger charge is 2.31. The highest BCUT2D eigenvalue weighted by Crippen LogP contribution is 2.35. The SMILES string of the molecule is COc1ccc2nccc([C@@H](O)CC[C@@H]3CCN(CCCSc4ccn(C)c4)C[C@@H]3CC(=O)O)c2c1. The fraction of sp³-hybridized carbons (Fsp3) is 0.500. The molecule has 0 unspecified atom stereocenters. The fourth-order valence-electron chi connectivity index (χ4n) is 5.33. The number of aliphatic hydroxyl groups excluding tert-OH is 1.